The molecule has 1 unspecified atom stereocenters. The third kappa shape index (κ3) is 5.11. The van der Waals surface area contributed by atoms with Crippen molar-refractivity contribution in [1.29, 1.82) is 0 Å². The van der Waals surface area contributed by atoms with Crippen LogP contribution in [0.15, 0.2) is 35.2 Å². The van der Waals surface area contributed by atoms with Gasteiger partial charge in [0.15, 0.2) is 0 Å². The van der Waals surface area contributed by atoms with Crippen molar-refractivity contribution in [1.82, 2.24) is 24.3 Å². The summed E-state index contributed by atoms with van der Waals surface area (Å²) < 4.78 is 31.8. The number of piperazine rings is 1. The van der Waals surface area contributed by atoms with Crippen molar-refractivity contribution < 1.29 is 8.42 Å². The van der Waals surface area contributed by atoms with Crippen molar-refractivity contribution >= 4 is 10.0 Å². The number of aryl methyl sites for hydroxylation is 1. The molecular weight excluding hydrogens is 398 g/mol. The number of nitrogens with zero attached hydrogens (tertiary/aromatic N) is 4. The second-order valence-electron chi connectivity index (χ2n) is 9.27. The Hall–Kier alpha value is -1.74. The van der Waals surface area contributed by atoms with Crippen molar-refractivity contribution in [2.24, 2.45) is 0 Å². The molecule has 1 fully saturated rings. The largest absolute Gasteiger partial charge is 0.304 e. The third-order valence-electron chi connectivity index (χ3n) is 5.67. The molecule has 1 saturated heterocycles. The second-order valence-corrected chi connectivity index (χ2v) is 10.9. The Morgan fingerprint density at radius 3 is 2.20 bits per heavy atom. The highest BCUT2D eigenvalue weighted by Gasteiger charge is 2.31. The Morgan fingerprint density at radius 2 is 1.67 bits per heavy atom. The fourth-order valence-corrected chi connectivity index (χ4v) is 5.71. The van der Waals surface area contributed by atoms with Gasteiger partial charge in [-0.25, -0.2) is 13.1 Å². The summed E-state index contributed by atoms with van der Waals surface area (Å²) >= 11 is 0. The zero-order valence-corrected chi connectivity index (χ0v) is 19.8. The van der Waals surface area contributed by atoms with Gasteiger partial charge in [0.25, 0.3) is 0 Å². The molecule has 8 heteroatoms. The Bertz CT molecular complexity index is 955. The van der Waals surface area contributed by atoms with Crippen molar-refractivity contribution in [3.8, 4) is 0 Å². The van der Waals surface area contributed by atoms with Crippen LogP contribution in [0.2, 0.25) is 0 Å². The lowest BCUT2D eigenvalue weighted by Gasteiger charge is -2.35. The standard InChI is InChI=1S/C22H35N5O2S/c1-17-21(18(2)27(23-17)22(3,4)5)30(28,29)24-20(19-10-8-7-9-11-19)16-26-14-12-25(6)13-15-26/h7-11,20,24H,12-16H2,1-6H3. The van der Waals surface area contributed by atoms with Crippen LogP contribution in [-0.4, -0.2) is 67.8 Å². The van der Waals surface area contributed by atoms with Crippen LogP contribution in [-0.2, 0) is 15.6 Å². The van der Waals surface area contributed by atoms with Crippen LogP contribution in [0, 0.1) is 13.8 Å². The Morgan fingerprint density at radius 1 is 1.07 bits per heavy atom. The molecule has 3 rings (SSSR count). The van der Waals surface area contributed by atoms with Gasteiger partial charge in [-0.3, -0.25) is 9.58 Å². The van der Waals surface area contributed by atoms with E-state index in [0.717, 1.165) is 31.7 Å². The molecule has 0 amide bonds. The van der Waals surface area contributed by atoms with Crippen LogP contribution >= 0.6 is 0 Å². The number of benzene rings is 1. The highest BCUT2D eigenvalue weighted by atomic mass is 32.2. The van der Waals surface area contributed by atoms with Crippen LogP contribution in [0.1, 0.15) is 43.8 Å². The zero-order chi connectivity index (χ0) is 22.1. The molecule has 0 bridgehead atoms. The van der Waals surface area contributed by atoms with E-state index in [9.17, 15) is 8.42 Å². The highest BCUT2D eigenvalue weighted by molar-refractivity contribution is 7.89. The van der Waals surface area contributed by atoms with Crippen LogP contribution in [0.5, 0.6) is 0 Å². The lowest BCUT2D eigenvalue weighted by atomic mass is 10.1. The van der Waals surface area contributed by atoms with Crippen LogP contribution in [0.25, 0.3) is 0 Å². The normalized spacial score (nSPS) is 17.9. The number of rotatable bonds is 6. The first-order valence-corrected chi connectivity index (χ1v) is 12.0. The van der Waals surface area contributed by atoms with E-state index in [1.807, 2.05) is 58.0 Å². The molecule has 0 saturated carbocycles. The number of hydrogen-bond donors (Lipinski definition) is 1. The van der Waals surface area contributed by atoms with Crippen molar-refractivity contribution in [2.75, 3.05) is 39.8 Å². The molecule has 1 aromatic carbocycles. The van der Waals surface area contributed by atoms with Gasteiger partial charge in [0.1, 0.15) is 4.90 Å². The zero-order valence-electron chi connectivity index (χ0n) is 19.0. The number of likely N-dealkylation sites (N-methyl/N-ethyl adjacent to an activating group) is 1. The summed E-state index contributed by atoms with van der Waals surface area (Å²) in [5.74, 6) is 0. The molecule has 0 spiro atoms. The molecule has 0 aliphatic carbocycles. The minimum Gasteiger partial charge on any atom is -0.304 e. The van der Waals surface area contributed by atoms with E-state index in [1.54, 1.807) is 11.6 Å². The first kappa shape index (κ1) is 22.9. The number of hydrogen-bond acceptors (Lipinski definition) is 5. The summed E-state index contributed by atoms with van der Waals surface area (Å²) in [6.07, 6.45) is 0. The average molecular weight is 434 g/mol. The monoisotopic (exact) mass is 433 g/mol. The maximum absolute atomic E-state index is 13.5. The predicted octanol–water partition coefficient (Wildman–Crippen LogP) is 2.52. The van der Waals surface area contributed by atoms with Crippen LogP contribution in [0.3, 0.4) is 0 Å². The minimum atomic E-state index is -3.74. The SMILES string of the molecule is Cc1nn(C(C)(C)C)c(C)c1S(=O)(=O)NC(CN1CCN(C)CC1)c1ccccc1. The minimum absolute atomic E-state index is 0.289. The smallest absolute Gasteiger partial charge is 0.244 e. The van der Waals surface area contributed by atoms with E-state index < -0.39 is 10.0 Å². The lowest BCUT2D eigenvalue weighted by molar-refractivity contribution is 0.145. The Kier molecular flexibility index (Phi) is 6.72. The fraction of sp³-hybridized carbons (Fsp3) is 0.591. The molecule has 1 aromatic heterocycles. The first-order chi connectivity index (χ1) is 14.0. The molecule has 166 valence electrons. The molecule has 30 heavy (non-hydrogen) atoms. The van der Waals surface area contributed by atoms with Gasteiger partial charge in [0.2, 0.25) is 10.0 Å². The van der Waals surface area contributed by atoms with Crippen molar-refractivity contribution in [3.63, 3.8) is 0 Å². The van der Waals surface area contributed by atoms with Crippen molar-refractivity contribution in [2.45, 2.75) is 51.1 Å². The van der Waals surface area contributed by atoms with Gasteiger partial charge in [-0.15, -0.1) is 0 Å². The molecule has 1 N–H and O–H groups in total. The molecule has 1 atom stereocenters. The molecule has 2 aromatic rings. The summed E-state index contributed by atoms with van der Waals surface area (Å²) in [5, 5.41) is 4.53. The van der Waals surface area contributed by atoms with Gasteiger partial charge in [-0.05, 0) is 47.2 Å². The summed E-state index contributed by atoms with van der Waals surface area (Å²) in [5.41, 5.74) is 1.88. The van der Waals surface area contributed by atoms with Crippen molar-refractivity contribution in [3.05, 3.63) is 47.3 Å². The number of nitrogens with one attached hydrogen (secondary N) is 1. The summed E-state index contributed by atoms with van der Waals surface area (Å²) in [4.78, 5) is 4.92. The Balaban J connectivity index is 1.91. The van der Waals surface area contributed by atoms with Gasteiger partial charge in [0.05, 0.1) is 23.0 Å². The first-order valence-electron chi connectivity index (χ1n) is 10.5. The quantitative estimate of drug-likeness (QED) is 0.758. The highest BCUT2D eigenvalue weighted by Crippen LogP contribution is 2.27. The van der Waals surface area contributed by atoms with Gasteiger partial charge in [-0.2, -0.15) is 5.10 Å². The summed E-state index contributed by atoms with van der Waals surface area (Å²) in [6.45, 7) is 14.2. The number of aromatic nitrogens is 2. The van der Waals surface area contributed by atoms with Gasteiger partial charge in [0, 0.05) is 32.7 Å². The number of sulfonamides is 1. The average Bonchev–Trinajstić information content (AvgIpc) is 2.99. The van der Waals surface area contributed by atoms with Crippen LogP contribution < -0.4 is 4.72 Å². The fourth-order valence-electron chi connectivity index (χ4n) is 4.10. The van der Waals surface area contributed by atoms with E-state index in [4.69, 9.17) is 0 Å². The van der Waals surface area contributed by atoms with E-state index >= 15 is 0 Å². The predicted molar refractivity (Wildman–Crippen MR) is 120 cm³/mol. The second kappa shape index (κ2) is 8.78. The molecule has 1 aliphatic rings. The van der Waals surface area contributed by atoms with Crippen LogP contribution in [0.4, 0.5) is 0 Å². The van der Waals surface area contributed by atoms with E-state index in [-0.39, 0.29) is 16.5 Å². The van der Waals surface area contributed by atoms with Gasteiger partial charge >= 0.3 is 0 Å². The third-order valence-corrected chi connectivity index (χ3v) is 7.39. The molecule has 7 nitrogen and oxygen atoms in total. The van der Waals surface area contributed by atoms with E-state index in [2.05, 4.69) is 26.7 Å². The van der Waals surface area contributed by atoms with Gasteiger partial charge < -0.3 is 4.90 Å². The Labute approximate surface area is 181 Å². The summed E-state index contributed by atoms with van der Waals surface area (Å²) in [6, 6.07) is 9.51. The lowest BCUT2D eigenvalue weighted by Crippen LogP contribution is -2.47. The van der Waals surface area contributed by atoms with Gasteiger partial charge in [-0.1, -0.05) is 30.3 Å². The maximum atomic E-state index is 13.5. The topological polar surface area (TPSA) is 70.5 Å². The summed E-state index contributed by atoms with van der Waals surface area (Å²) in [7, 11) is -1.62. The van der Waals surface area contributed by atoms with E-state index in [1.165, 1.54) is 0 Å². The molecule has 0 radical (unpaired) electrons. The maximum Gasteiger partial charge on any atom is 0.244 e. The molecular formula is C22H35N5O2S. The molecule has 1 aliphatic heterocycles. The van der Waals surface area contributed by atoms with E-state index in [0.29, 0.717) is 17.9 Å². The molecule has 2 heterocycles.